The number of ether oxygens (including phenoxy) is 1. The van der Waals surface area contributed by atoms with E-state index < -0.39 is 0 Å². The third-order valence-electron chi connectivity index (χ3n) is 5.43. The van der Waals surface area contributed by atoms with Crippen molar-refractivity contribution >= 4 is 22.6 Å². The normalized spacial score (nSPS) is 28.6. The standard InChI is InChI=1S/C17H26N4O2S/c1-19-13-17(23-16(19)22)5-4-7-20(10-6-17)12-14-11-18-15(24-14)21-8-2-3-9-21/h11H,2-10,12-13H2,1H3/t17-/m1/s1. The summed E-state index contributed by atoms with van der Waals surface area (Å²) in [4.78, 5) is 24.3. The highest BCUT2D eigenvalue weighted by atomic mass is 32.1. The van der Waals surface area contributed by atoms with Crippen LogP contribution in [0.2, 0.25) is 0 Å². The number of thiazole rings is 1. The molecule has 0 bridgehead atoms. The average molecular weight is 350 g/mol. The van der Waals surface area contributed by atoms with Crippen molar-refractivity contribution < 1.29 is 9.53 Å². The van der Waals surface area contributed by atoms with Gasteiger partial charge in [0.15, 0.2) is 5.13 Å². The molecule has 1 spiro atoms. The van der Waals surface area contributed by atoms with Crippen molar-refractivity contribution in [1.29, 1.82) is 0 Å². The molecule has 3 aliphatic heterocycles. The molecule has 6 nitrogen and oxygen atoms in total. The Bertz CT molecular complexity index is 601. The predicted octanol–water partition coefficient (Wildman–Crippen LogP) is 2.55. The molecular weight excluding hydrogens is 324 g/mol. The third kappa shape index (κ3) is 3.24. The fourth-order valence-electron chi connectivity index (χ4n) is 4.08. The second kappa shape index (κ2) is 6.52. The highest BCUT2D eigenvalue weighted by molar-refractivity contribution is 7.15. The fourth-order valence-corrected chi connectivity index (χ4v) is 5.08. The number of amides is 1. The molecule has 4 rings (SSSR count). The molecule has 1 atom stereocenters. The average Bonchev–Trinajstić information content (AvgIpc) is 3.24. The van der Waals surface area contributed by atoms with Crippen molar-refractivity contribution in [3.63, 3.8) is 0 Å². The number of anilines is 1. The number of nitrogens with zero attached hydrogens (tertiary/aromatic N) is 4. The summed E-state index contributed by atoms with van der Waals surface area (Å²) in [6.07, 6.45) is 7.44. The van der Waals surface area contributed by atoms with Gasteiger partial charge in [-0.2, -0.15) is 0 Å². The zero-order valence-corrected chi connectivity index (χ0v) is 15.2. The minimum Gasteiger partial charge on any atom is -0.441 e. The Morgan fingerprint density at radius 1 is 1.21 bits per heavy atom. The van der Waals surface area contributed by atoms with E-state index >= 15 is 0 Å². The number of hydrogen-bond donors (Lipinski definition) is 0. The second-order valence-corrected chi connectivity index (χ2v) is 8.43. The maximum atomic E-state index is 11.7. The zero-order chi connectivity index (χ0) is 16.6. The van der Waals surface area contributed by atoms with Crippen molar-refractivity contribution in [3.8, 4) is 0 Å². The molecule has 0 unspecified atom stereocenters. The summed E-state index contributed by atoms with van der Waals surface area (Å²) >= 11 is 1.83. The van der Waals surface area contributed by atoms with E-state index in [0.29, 0.717) is 0 Å². The quantitative estimate of drug-likeness (QED) is 0.838. The second-order valence-electron chi connectivity index (χ2n) is 7.34. The number of carbonyl (C=O) groups is 1. The van der Waals surface area contributed by atoms with Crippen LogP contribution in [0.15, 0.2) is 6.20 Å². The molecule has 24 heavy (non-hydrogen) atoms. The lowest BCUT2D eigenvalue weighted by Crippen LogP contribution is -2.35. The van der Waals surface area contributed by atoms with Crippen molar-refractivity contribution in [2.45, 2.75) is 44.2 Å². The van der Waals surface area contributed by atoms with Crippen LogP contribution < -0.4 is 4.90 Å². The van der Waals surface area contributed by atoms with E-state index in [2.05, 4.69) is 14.8 Å². The van der Waals surface area contributed by atoms with Gasteiger partial charge in [-0.3, -0.25) is 4.90 Å². The van der Waals surface area contributed by atoms with Crippen LogP contribution in [0.5, 0.6) is 0 Å². The van der Waals surface area contributed by atoms with Crippen molar-refractivity contribution in [3.05, 3.63) is 11.1 Å². The number of likely N-dealkylation sites (tertiary alicyclic amines) is 1. The van der Waals surface area contributed by atoms with Gasteiger partial charge in [0.25, 0.3) is 0 Å². The topological polar surface area (TPSA) is 48.9 Å². The molecule has 4 heterocycles. The van der Waals surface area contributed by atoms with Gasteiger partial charge >= 0.3 is 6.09 Å². The Morgan fingerprint density at radius 3 is 2.79 bits per heavy atom. The highest BCUT2D eigenvalue weighted by Gasteiger charge is 2.44. The van der Waals surface area contributed by atoms with E-state index in [1.54, 1.807) is 4.90 Å². The van der Waals surface area contributed by atoms with Gasteiger partial charge in [-0.25, -0.2) is 9.78 Å². The van der Waals surface area contributed by atoms with Gasteiger partial charge in [0.05, 0.1) is 6.54 Å². The summed E-state index contributed by atoms with van der Waals surface area (Å²) in [5.74, 6) is 0. The Kier molecular flexibility index (Phi) is 4.39. The summed E-state index contributed by atoms with van der Waals surface area (Å²) in [5, 5.41) is 1.18. The molecular formula is C17H26N4O2S. The van der Waals surface area contributed by atoms with E-state index in [9.17, 15) is 4.79 Å². The summed E-state index contributed by atoms with van der Waals surface area (Å²) < 4.78 is 5.70. The Morgan fingerprint density at radius 2 is 2.04 bits per heavy atom. The van der Waals surface area contributed by atoms with Crippen LogP contribution in [-0.2, 0) is 11.3 Å². The molecule has 1 aromatic rings. The van der Waals surface area contributed by atoms with Crippen molar-refractivity contribution in [2.75, 3.05) is 44.7 Å². The van der Waals surface area contributed by atoms with Crippen LogP contribution in [0.3, 0.4) is 0 Å². The minimum absolute atomic E-state index is 0.166. The monoisotopic (exact) mass is 350 g/mol. The van der Waals surface area contributed by atoms with E-state index in [1.165, 1.54) is 22.9 Å². The van der Waals surface area contributed by atoms with Crippen molar-refractivity contribution in [2.24, 2.45) is 0 Å². The molecule has 3 saturated heterocycles. The van der Waals surface area contributed by atoms with Gasteiger partial charge in [-0.15, -0.1) is 11.3 Å². The third-order valence-corrected chi connectivity index (χ3v) is 6.47. The summed E-state index contributed by atoms with van der Waals surface area (Å²) in [7, 11) is 1.83. The molecule has 0 aliphatic carbocycles. The lowest BCUT2D eigenvalue weighted by molar-refractivity contribution is 0.0443. The van der Waals surface area contributed by atoms with Gasteiger partial charge in [-0.05, 0) is 32.2 Å². The summed E-state index contributed by atoms with van der Waals surface area (Å²) in [6.45, 7) is 6.05. The van der Waals surface area contributed by atoms with E-state index in [4.69, 9.17) is 4.74 Å². The summed E-state index contributed by atoms with van der Waals surface area (Å²) in [6, 6.07) is 0. The molecule has 3 fully saturated rings. The maximum absolute atomic E-state index is 11.7. The molecule has 132 valence electrons. The van der Waals surface area contributed by atoms with Crippen LogP contribution in [0, 0.1) is 0 Å². The predicted molar refractivity (Wildman–Crippen MR) is 94.5 cm³/mol. The highest BCUT2D eigenvalue weighted by Crippen LogP contribution is 2.33. The fraction of sp³-hybridized carbons (Fsp3) is 0.765. The van der Waals surface area contributed by atoms with Gasteiger partial charge in [0.2, 0.25) is 0 Å². The van der Waals surface area contributed by atoms with Crippen LogP contribution in [-0.4, -0.2) is 66.2 Å². The largest absolute Gasteiger partial charge is 0.441 e. The molecule has 3 aliphatic rings. The number of carbonyl (C=O) groups excluding carboxylic acids is 1. The van der Waals surface area contributed by atoms with E-state index in [1.807, 2.05) is 24.6 Å². The lowest BCUT2D eigenvalue weighted by Gasteiger charge is -2.25. The minimum atomic E-state index is -0.255. The number of aromatic nitrogens is 1. The molecule has 0 radical (unpaired) electrons. The Hall–Kier alpha value is -1.34. The Balaban J connectivity index is 1.35. The number of rotatable bonds is 3. The lowest BCUT2D eigenvalue weighted by atomic mass is 9.95. The van der Waals surface area contributed by atoms with E-state index in [0.717, 1.165) is 58.5 Å². The number of likely N-dealkylation sites (N-methyl/N-ethyl adjacent to an activating group) is 1. The molecule has 1 aromatic heterocycles. The van der Waals surface area contributed by atoms with Crippen LogP contribution in [0.1, 0.15) is 37.0 Å². The first kappa shape index (κ1) is 16.1. The smallest absolute Gasteiger partial charge is 0.410 e. The first-order chi connectivity index (χ1) is 11.6. The van der Waals surface area contributed by atoms with E-state index in [-0.39, 0.29) is 11.7 Å². The van der Waals surface area contributed by atoms with Gasteiger partial charge in [0, 0.05) is 50.7 Å². The van der Waals surface area contributed by atoms with Gasteiger partial charge in [-0.1, -0.05) is 0 Å². The maximum Gasteiger partial charge on any atom is 0.410 e. The molecule has 0 aromatic carbocycles. The SMILES string of the molecule is CN1C[C@]2(CCCN(Cc3cnc(N4CCCC4)s3)CC2)OC1=O. The van der Waals surface area contributed by atoms with Gasteiger partial charge < -0.3 is 14.5 Å². The molecule has 7 heteroatoms. The van der Waals surface area contributed by atoms with Crippen LogP contribution in [0.25, 0.3) is 0 Å². The number of hydrogen-bond acceptors (Lipinski definition) is 6. The Labute approximate surface area is 147 Å². The molecule has 1 amide bonds. The zero-order valence-electron chi connectivity index (χ0n) is 14.4. The van der Waals surface area contributed by atoms with Crippen LogP contribution in [0.4, 0.5) is 9.93 Å². The summed E-state index contributed by atoms with van der Waals surface area (Å²) in [5.41, 5.74) is -0.255. The van der Waals surface area contributed by atoms with Crippen LogP contribution >= 0.6 is 11.3 Å². The molecule has 0 saturated carbocycles. The first-order valence-corrected chi connectivity index (χ1v) is 9.81. The first-order valence-electron chi connectivity index (χ1n) is 9.00. The van der Waals surface area contributed by atoms with Crippen molar-refractivity contribution in [1.82, 2.24) is 14.8 Å². The van der Waals surface area contributed by atoms with Gasteiger partial charge in [0.1, 0.15) is 5.60 Å². The molecule has 0 N–H and O–H groups in total.